The Hall–Kier alpha value is -2.53. The molecular weight excluding hydrogens is 362 g/mol. The quantitative estimate of drug-likeness (QED) is 0.628. The molecule has 5 heteroatoms. The molecule has 2 atom stereocenters. The van der Waals surface area contributed by atoms with E-state index in [1.807, 2.05) is 60.7 Å². The molecule has 0 bridgehead atoms. The van der Waals surface area contributed by atoms with E-state index in [4.69, 9.17) is 4.74 Å². The predicted octanol–water partition coefficient (Wildman–Crippen LogP) is 5.38. The van der Waals surface area contributed by atoms with E-state index >= 15 is 0 Å². The fourth-order valence-electron chi connectivity index (χ4n) is 3.11. The Morgan fingerprint density at radius 1 is 1.11 bits per heavy atom. The van der Waals surface area contributed by atoms with Crippen molar-refractivity contribution in [3.8, 4) is 16.9 Å². The minimum Gasteiger partial charge on any atom is -0.497 e. The molecule has 3 nitrogen and oxygen atoms in total. The molecule has 1 N–H and O–H groups in total. The molecule has 0 aliphatic rings. The Morgan fingerprint density at radius 3 is 2.11 bits per heavy atom. The van der Waals surface area contributed by atoms with E-state index in [9.17, 15) is 18.7 Å². The summed E-state index contributed by atoms with van der Waals surface area (Å²) in [6, 6.07) is 15.7. The first-order chi connectivity index (χ1) is 13.3. The summed E-state index contributed by atoms with van der Waals surface area (Å²) < 4.78 is 31.1. The minimum atomic E-state index is -2.96. The standard InChI is InChI=1S/C23H26F2O3/c1-16(26)21(23(2,27)22(24)25)7-5-4-6-17-8-10-18(11-9-17)19-12-14-20(28-3)15-13-19/h4,6,8-15,21-22,27H,5,7H2,1-3H3/b6-4+/t21-,23+/m1/s1. The molecule has 0 fully saturated rings. The Kier molecular flexibility index (Phi) is 7.46. The van der Waals surface area contributed by atoms with Crippen LogP contribution in [0.5, 0.6) is 5.75 Å². The summed E-state index contributed by atoms with van der Waals surface area (Å²) in [6.07, 6.45) is 1.35. The highest BCUT2D eigenvalue weighted by molar-refractivity contribution is 5.79. The largest absolute Gasteiger partial charge is 0.497 e. The summed E-state index contributed by atoms with van der Waals surface area (Å²) >= 11 is 0. The summed E-state index contributed by atoms with van der Waals surface area (Å²) in [5, 5.41) is 9.91. The van der Waals surface area contributed by atoms with Crippen molar-refractivity contribution in [1.82, 2.24) is 0 Å². The Morgan fingerprint density at radius 2 is 1.64 bits per heavy atom. The third kappa shape index (κ3) is 5.49. The molecule has 0 saturated heterocycles. The summed E-state index contributed by atoms with van der Waals surface area (Å²) in [5.74, 6) is -0.713. The maximum atomic E-state index is 13.0. The van der Waals surface area contributed by atoms with Gasteiger partial charge in [-0.15, -0.1) is 0 Å². The lowest BCUT2D eigenvalue weighted by molar-refractivity contribution is -0.148. The molecule has 0 aliphatic carbocycles. The van der Waals surface area contributed by atoms with Gasteiger partial charge in [0.25, 0.3) is 6.43 Å². The predicted molar refractivity (Wildman–Crippen MR) is 107 cm³/mol. The van der Waals surface area contributed by atoms with Crippen molar-refractivity contribution < 1.29 is 23.4 Å². The molecule has 0 heterocycles. The lowest BCUT2D eigenvalue weighted by Gasteiger charge is -2.30. The van der Waals surface area contributed by atoms with Gasteiger partial charge in [0.15, 0.2) is 0 Å². The van der Waals surface area contributed by atoms with Gasteiger partial charge < -0.3 is 9.84 Å². The zero-order valence-corrected chi connectivity index (χ0v) is 16.4. The fourth-order valence-corrected chi connectivity index (χ4v) is 3.11. The maximum absolute atomic E-state index is 13.0. The van der Waals surface area contributed by atoms with Crippen LogP contribution in [0.1, 0.15) is 32.3 Å². The molecule has 150 valence electrons. The molecule has 0 aliphatic heterocycles. The molecule has 0 saturated carbocycles. The molecule has 0 spiro atoms. The van der Waals surface area contributed by atoms with Crippen LogP contribution in [0.4, 0.5) is 8.78 Å². The van der Waals surface area contributed by atoms with Crippen LogP contribution in [-0.4, -0.2) is 30.0 Å². The summed E-state index contributed by atoms with van der Waals surface area (Å²) in [6.45, 7) is 2.26. The zero-order chi connectivity index (χ0) is 20.7. The van der Waals surface area contributed by atoms with Gasteiger partial charge in [0.05, 0.1) is 13.0 Å². The molecular formula is C23H26F2O3. The number of ether oxygens (including phenoxy) is 1. The summed E-state index contributed by atoms with van der Waals surface area (Å²) in [7, 11) is 1.63. The first-order valence-corrected chi connectivity index (χ1v) is 9.17. The number of hydrogen-bond donors (Lipinski definition) is 1. The second-order valence-electron chi connectivity index (χ2n) is 7.02. The molecule has 2 aromatic rings. The van der Waals surface area contributed by atoms with Gasteiger partial charge in [0.1, 0.15) is 17.1 Å². The monoisotopic (exact) mass is 388 g/mol. The zero-order valence-electron chi connectivity index (χ0n) is 16.4. The Labute approximate surface area is 164 Å². The second kappa shape index (κ2) is 9.60. The van der Waals surface area contributed by atoms with Crippen LogP contribution < -0.4 is 4.74 Å². The van der Waals surface area contributed by atoms with E-state index in [-0.39, 0.29) is 6.42 Å². The van der Waals surface area contributed by atoms with Gasteiger partial charge in [-0.3, -0.25) is 4.79 Å². The van der Waals surface area contributed by atoms with Crippen molar-refractivity contribution in [3.05, 3.63) is 60.2 Å². The number of halogens is 2. The number of carbonyl (C=O) groups excluding carboxylic acids is 1. The van der Waals surface area contributed by atoms with E-state index in [0.717, 1.165) is 29.4 Å². The number of alkyl halides is 2. The van der Waals surface area contributed by atoms with Gasteiger partial charge in [0, 0.05) is 0 Å². The average molecular weight is 388 g/mol. The maximum Gasteiger partial charge on any atom is 0.267 e. The van der Waals surface area contributed by atoms with Crippen molar-refractivity contribution in [3.63, 3.8) is 0 Å². The molecule has 2 rings (SSSR count). The highest BCUT2D eigenvalue weighted by Gasteiger charge is 2.42. The first-order valence-electron chi connectivity index (χ1n) is 9.17. The van der Waals surface area contributed by atoms with Crippen molar-refractivity contribution in [1.29, 1.82) is 0 Å². The van der Waals surface area contributed by atoms with Crippen LogP contribution in [0, 0.1) is 5.92 Å². The van der Waals surface area contributed by atoms with Gasteiger partial charge in [0.2, 0.25) is 0 Å². The Bertz CT molecular complexity index is 794. The molecule has 0 unspecified atom stereocenters. The van der Waals surface area contributed by atoms with Crippen LogP contribution >= 0.6 is 0 Å². The number of ketones is 1. The van der Waals surface area contributed by atoms with Gasteiger partial charge >= 0.3 is 0 Å². The average Bonchev–Trinajstić information content (AvgIpc) is 2.67. The van der Waals surface area contributed by atoms with E-state index in [1.54, 1.807) is 7.11 Å². The molecule has 0 aromatic heterocycles. The highest BCUT2D eigenvalue weighted by Crippen LogP contribution is 2.29. The van der Waals surface area contributed by atoms with Crippen molar-refractivity contribution in [2.75, 3.05) is 7.11 Å². The van der Waals surface area contributed by atoms with Crippen LogP contribution in [0.25, 0.3) is 17.2 Å². The molecule has 0 amide bonds. The third-order valence-corrected chi connectivity index (χ3v) is 4.90. The SMILES string of the molecule is COc1ccc(-c2ccc(/C=C/CC[C@H](C(C)=O)[C@](C)(O)C(F)F)cc2)cc1. The number of rotatable bonds is 9. The number of hydrogen-bond acceptors (Lipinski definition) is 3. The van der Waals surface area contributed by atoms with Crippen molar-refractivity contribution in [2.45, 2.75) is 38.7 Å². The number of methoxy groups -OCH3 is 1. The number of benzene rings is 2. The fraction of sp³-hybridized carbons (Fsp3) is 0.348. The van der Waals surface area contributed by atoms with E-state index in [2.05, 4.69) is 0 Å². The lowest BCUT2D eigenvalue weighted by Crippen LogP contribution is -2.45. The number of allylic oxidation sites excluding steroid dienone is 1. The van der Waals surface area contributed by atoms with E-state index in [1.165, 1.54) is 6.92 Å². The van der Waals surface area contributed by atoms with Crippen LogP contribution in [-0.2, 0) is 4.79 Å². The summed E-state index contributed by atoms with van der Waals surface area (Å²) in [4.78, 5) is 11.6. The topological polar surface area (TPSA) is 46.5 Å². The number of aliphatic hydroxyl groups is 1. The van der Waals surface area contributed by atoms with Gasteiger partial charge in [-0.25, -0.2) is 8.78 Å². The van der Waals surface area contributed by atoms with E-state index in [0.29, 0.717) is 6.42 Å². The summed E-state index contributed by atoms with van der Waals surface area (Å²) in [5.41, 5.74) is 0.816. The van der Waals surface area contributed by atoms with Crippen LogP contribution in [0.3, 0.4) is 0 Å². The van der Waals surface area contributed by atoms with E-state index < -0.39 is 23.7 Å². The normalized spacial score (nSPS) is 14.8. The first kappa shape index (κ1) is 21.8. The van der Waals surface area contributed by atoms with Gasteiger partial charge in [-0.2, -0.15) is 0 Å². The lowest BCUT2D eigenvalue weighted by atomic mass is 9.83. The Balaban J connectivity index is 1.97. The smallest absolute Gasteiger partial charge is 0.267 e. The van der Waals surface area contributed by atoms with Crippen LogP contribution in [0.15, 0.2) is 54.6 Å². The van der Waals surface area contributed by atoms with Crippen molar-refractivity contribution >= 4 is 11.9 Å². The van der Waals surface area contributed by atoms with Gasteiger partial charge in [-0.1, -0.05) is 48.6 Å². The molecule has 28 heavy (non-hydrogen) atoms. The number of Topliss-reactive ketones (excluding diaryl/α,β-unsaturated/α-hetero) is 1. The van der Waals surface area contributed by atoms with Gasteiger partial charge in [-0.05, 0) is 55.5 Å². The third-order valence-electron chi connectivity index (χ3n) is 4.90. The van der Waals surface area contributed by atoms with Crippen LogP contribution in [0.2, 0.25) is 0 Å². The minimum absolute atomic E-state index is 0.174. The molecule has 0 radical (unpaired) electrons. The van der Waals surface area contributed by atoms with Crippen molar-refractivity contribution in [2.24, 2.45) is 5.92 Å². The highest BCUT2D eigenvalue weighted by atomic mass is 19.3. The molecule has 2 aromatic carbocycles. The second-order valence-corrected chi connectivity index (χ2v) is 7.02. The number of carbonyl (C=O) groups is 1.